The third kappa shape index (κ3) is 2.25. The molecule has 0 atom stereocenters. The lowest BCUT2D eigenvalue weighted by Crippen LogP contribution is -2.31. The molecule has 0 fully saturated rings. The molecule has 1 aromatic heterocycles. The average Bonchev–Trinajstić information content (AvgIpc) is 2.98. The van der Waals surface area contributed by atoms with Gasteiger partial charge in [0.1, 0.15) is 0 Å². The molecule has 2 heterocycles. The highest BCUT2D eigenvalue weighted by Gasteiger charge is 2.23. The minimum atomic E-state index is 0.892. The lowest BCUT2D eigenvalue weighted by Gasteiger charge is -2.30. The molecule has 118 valence electrons. The van der Waals surface area contributed by atoms with Gasteiger partial charge in [0.05, 0.1) is 12.2 Å². The van der Waals surface area contributed by atoms with Crippen molar-refractivity contribution in [2.75, 3.05) is 30.4 Å². The van der Waals surface area contributed by atoms with E-state index in [2.05, 4.69) is 77.4 Å². The number of rotatable bonds is 2. The van der Waals surface area contributed by atoms with Crippen LogP contribution < -0.4 is 9.80 Å². The lowest BCUT2D eigenvalue weighted by molar-refractivity contribution is 0.719. The van der Waals surface area contributed by atoms with E-state index in [1.165, 1.54) is 33.3 Å². The van der Waals surface area contributed by atoms with E-state index in [1.54, 1.807) is 0 Å². The highest BCUT2D eigenvalue weighted by Crippen LogP contribution is 2.34. The molecule has 0 amide bonds. The van der Waals surface area contributed by atoms with Gasteiger partial charge in [0.2, 0.25) is 0 Å². The molecule has 23 heavy (non-hydrogen) atoms. The van der Waals surface area contributed by atoms with Crippen LogP contribution in [0.1, 0.15) is 16.8 Å². The first-order valence-electron chi connectivity index (χ1n) is 8.12. The van der Waals surface area contributed by atoms with Crippen molar-refractivity contribution in [1.29, 1.82) is 0 Å². The van der Waals surface area contributed by atoms with Crippen LogP contribution in [0.2, 0.25) is 0 Å². The number of aryl methyl sites for hydroxylation is 1. The molecule has 0 radical (unpaired) electrons. The summed E-state index contributed by atoms with van der Waals surface area (Å²) < 4.78 is 0. The molecule has 1 aliphatic rings. The standard InChI is InChI=1S/C19H22N4/c1-13-6-4-7-14-8-5-9-17(18(13)14)23-11-10-15-16(12-23)20-21-19(15)22(2)3/h4-9H,10-12H2,1-3H3,(H,20,21). The first kappa shape index (κ1) is 14.1. The molecule has 0 unspecified atom stereocenters. The summed E-state index contributed by atoms with van der Waals surface area (Å²) in [6, 6.07) is 13.1. The number of anilines is 2. The van der Waals surface area contributed by atoms with E-state index in [1.807, 2.05) is 0 Å². The summed E-state index contributed by atoms with van der Waals surface area (Å²) in [6.45, 7) is 4.12. The molecule has 0 saturated carbocycles. The van der Waals surface area contributed by atoms with Gasteiger partial charge < -0.3 is 9.80 Å². The Morgan fingerprint density at radius 2 is 1.91 bits per heavy atom. The van der Waals surface area contributed by atoms with Gasteiger partial charge in [0.15, 0.2) is 5.82 Å². The van der Waals surface area contributed by atoms with Gasteiger partial charge >= 0.3 is 0 Å². The first-order chi connectivity index (χ1) is 11.1. The van der Waals surface area contributed by atoms with Gasteiger partial charge in [0.25, 0.3) is 0 Å². The molecule has 4 rings (SSSR count). The van der Waals surface area contributed by atoms with Crippen LogP contribution >= 0.6 is 0 Å². The van der Waals surface area contributed by atoms with Crippen molar-refractivity contribution in [3.63, 3.8) is 0 Å². The number of aromatic amines is 1. The molecular formula is C19H22N4. The summed E-state index contributed by atoms with van der Waals surface area (Å²) >= 11 is 0. The second kappa shape index (κ2) is 5.30. The Hall–Kier alpha value is -2.49. The zero-order valence-electron chi connectivity index (χ0n) is 13.9. The molecule has 3 aromatic rings. The molecule has 4 heteroatoms. The minimum Gasteiger partial charge on any atom is -0.365 e. The van der Waals surface area contributed by atoms with Gasteiger partial charge in [-0.2, -0.15) is 5.10 Å². The molecule has 1 N–H and O–H groups in total. The Morgan fingerprint density at radius 1 is 1.13 bits per heavy atom. The molecule has 0 saturated heterocycles. The van der Waals surface area contributed by atoms with Crippen LogP contribution in [0.25, 0.3) is 10.8 Å². The van der Waals surface area contributed by atoms with Crippen LogP contribution in [0.3, 0.4) is 0 Å². The Kier molecular flexibility index (Phi) is 3.26. The van der Waals surface area contributed by atoms with Gasteiger partial charge in [0, 0.05) is 37.3 Å². The van der Waals surface area contributed by atoms with Crippen molar-refractivity contribution in [1.82, 2.24) is 10.2 Å². The van der Waals surface area contributed by atoms with E-state index in [9.17, 15) is 0 Å². The largest absolute Gasteiger partial charge is 0.365 e. The number of aromatic nitrogens is 2. The Bertz CT molecular complexity index is 858. The number of benzene rings is 2. The Morgan fingerprint density at radius 3 is 2.70 bits per heavy atom. The molecule has 0 aliphatic carbocycles. The summed E-state index contributed by atoms with van der Waals surface area (Å²) in [6.07, 6.45) is 1.03. The SMILES string of the molecule is Cc1cccc2cccc(N3CCc4c(N(C)C)n[nH]c4C3)c12. The molecule has 0 bridgehead atoms. The fourth-order valence-corrected chi connectivity index (χ4v) is 3.65. The van der Waals surface area contributed by atoms with Crippen LogP contribution in [0.15, 0.2) is 36.4 Å². The minimum absolute atomic E-state index is 0.892. The van der Waals surface area contributed by atoms with Crippen molar-refractivity contribution >= 4 is 22.3 Å². The summed E-state index contributed by atoms with van der Waals surface area (Å²) in [5.41, 5.74) is 5.27. The van der Waals surface area contributed by atoms with Crippen molar-refractivity contribution < 1.29 is 0 Å². The van der Waals surface area contributed by atoms with Gasteiger partial charge in [-0.3, -0.25) is 5.10 Å². The lowest BCUT2D eigenvalue weighted by atomic mass is 10.0. The predicted molar refractivity (Wildman–Crippen MR) is 96.4 cm³/mol. The van der Waals surface area contributed by atoms with Crippen LogP contribution in [-0.4, -0.2) is 30.8 Å². The zero-order chi connectivity index (χ0) is 16.0. The summed E-state index contributed by atoms with van der Waals surface area (Å²) in [7, 11) is 4.10. The molecular weight excluding hydrogens is 284 g/mol. The molecule has 2 aromatic carbocycles. The average molecular weight is 306 g/mol. The normalized spacial score (nSPS) is 14.1. The fraction of sp³-hybridized carbons (Fsp3) is 0.316. The zero-order valence-corrected chi connectivity index (χ0v) is 13.9. The van der Waals surface area contributed by atoms with E-state index in [0.717, 1.165) is 25.3 Å². The quantitative estimate of drug-likeness (QED) is 0.787. The number of nitrogens with zero attached hydrogens (tertiary/aromatic N) is 3. The summed E-state index contributed by atoms with van der Waals surface area (Å²) in [5, 5.41) is 10.4. The third-order valence-electron chi connectivity index (χ3n) is 4.77. The molecule has 4 nitrogen and oxygen atoms in total. The van der Waals surface area contributed by atoms with E-state index >= 15 is 0 Å². The fourth-order valence-electron chi connectivity index (χ4n) is 3.65. The number of hydrogen-bond acceptors (Lipinski definition) is 3. The molecule has 0 spiro atoms. The van der Waals surface area contributed by atoms with Gasteiger partial charge in [-0.1, -0.05) is 30.3 Å². The van der Waals surface area contributed by atoms with Crippen molar-refractivity contribution in [3.8, 4) is 0 Å². The third-order valence-corrected chi connectivity index (χ3v) is 4.77. The van der Waals surface area contributed by atoms with Crippen molar-refractivity contribution in [2.45, 2.75) is 19.9 Å². The number of fused-ring (bicyclic) bond motifs is 2. The summed E-state index contributed by atoms with van der Waals surface area (Å²) in [5.74, 6) is 1.08. The molecule has 1 aliphatic heterocycles. The number of hydrogen-bond donors (Lipinski definition) is 1. The second-order valence-electron chi connectivity index (χ2n) is 6.52. The highest BCUT2D eigenvalue weighted by atomic mass is 15.3. The van der Waals surface area contributed by atoms with Crippen LogP contribution in [0, 0.1) is 6.92 Å². The van der Waals surface area contributed by atoms with Crippen molar-refractivity contribution in [2.24, 2.45) is 0 Å². The van der Waals surface area contributed by atoms with Crippen molar-refractivity contribution in [3.05, 3.63) is 53.2 Å². The Balaban J connectivity index is 1.76. The van der Waals surface area contributed by atoms with Gasteiger partial charge in [-0.05, 0) is 30.4 Å². The van der Waals surface area contributed by atoms with E-state index < -0.39 is 0 Å². The van der Waals surface area contributed by atoms with E-state index in [0.29, 0.717) is 0 Å². The van der Waals surface area contributed by atoms with E-state index in [-0.39, 0.29) is 0 Å². The maximum absolute atomic E-state index is 4.48. The van der Waals surface area contributed by atoms with Crippen LogP contribution in [0.4, 0.5) is 11.5 Å². The highest BCUT2D eigenvalue weighted by molar-refractivity contribution is 5.97. The van der Waals surface area contributed by atoms with E-state index in [4.69, 9.17) is 0 Å². The first-order valence-corrected chi connectivity index (χ1v) is 8.12. The van der Waals surface area contributed by atoms with Crippen LogP contribution in [0.5, 0.6) is 0 Å². The van der Waals surface area contributed by atoms with Crippen LogP contribution in [-0.2, 0) is 13.0 Å². The number of H-pyrrole nitrogens is 1. The monoisotopic (exact) mass is 306 g/mol. The maximum atomic E-state index is 4.48. The summed E-state index contributed by atoms with van der Waals surface area (Å²) in [4.78, 5) is 4.56. The topological polar surface area (TPSA) is 35.2 Å². The van der Waals surface area contributed by atoms with Gasteiger partial charge in [-0.25, -0.2) is 0 Å². The van der Waals surface area contributed by atoms with Gasteiger partial charge in [-0.15, -0.1) is 0 Å². The Labute approximate surface area is 136 Å². The smallest absolute Gasteiger partial charge is 0.153 e. The number of nitrogens with one attached hydrogen (secondary N) is 1. The second-order valence-corrected chi connectivity index (χ2v) is 6.52. The predicted octanol–water partition coefficient (Wildman–Crippen LogP) is 3.50. The maximum Gasteiger partial charge on any atom is 0.153 e.